The van der Waals surface area contributed by atoms with Gasteiger partial charge in [0.1, 0.15) is 5.75 Å². The van der Waals surface area contributed by atoms with E-state index in [-0.39, 0.29) is 0 Å². The molecule has 0 saturated carbocycles. The molecule has 1 aromatic rings. The number of halogens is 1. The van der Waals surface area contributed by atoms with Crippen LogP contribution in [-0.4, -0.2) is 17.6 Å². The van der Waals surface area contributed by atoms with Crippen LogP contribution in [-0.2, 0) is 6.54 Å². The van der Waals surface area contributed by atoms with E-state index >= 15 is 0 Å². The Morgan fingerprint density at radius 2 is 2.00 bits per heavy atom. The van der Waals surface area contributed by atoms with Crippen LogP contribution in [0.4, 0.5) is 0 Å². The second kappa shape index (κ2) is 7.71. The van der Waals surface area contributed by atoms with Crippen LogP contribution in [0.1, 0.15) is 37.7 Å². The van der Waals surface area contributed by atoms with Crippen LogP contribution in [0.15, 0.2) is 35.9 Å². The molecular formula is C16H22BrNO. The number of hydrogen-bond donors (Lipinski definition) is 0. The molecule has 0 saturated heterocycles. The summed E-state index contributed by atoms with van der Waals surface area (Å²) in [4.78, 5) is 0. The molecule has 0 unspecified atom stereocenters. The van der Waals surface area contributed by atoms with E-state index in [0.717, 1.165) is 18.8 Å². The molecule has 0 aliphatic heterocycles. The first kappa shape index (κ1) is 14.6. The largest absolute Gasteiger partial charge is 0.497 e. The number of ether oxygens (including phenoxy) is 1. The van der Waals surface area contributed by atoms with E-state index < -0.39 is 0 Å². The second-order valence-corrected chi connectivity index (χ2v) is 6.05. The topological polar surface area (TPSA) is 12.5 Å². The van der Waals surface area contributed by atoms with Crippen molar-refractivity contribution in [2.45, 2.75) is 38.6 Å². The lowest BCUT2D eigenvalue weighted by Crippen LogP contribution is -2.13. The van der Waals surface area contributed by atoms with Gasteiger partial charge in [0.15, 0.2) is 0 Å². The lowest BCUT2D eigenvalue weighted by atomic mass is 9.97. The standard InChI is InChI=1S/C16H22BrNO/c1-19-16-9-7-15(8-10-16)13-18(17)12-11-14-5-3-2-4-6-14/h5,7-10H,2-4,6,11-13H2,1H3. The fourth-order valence-corrected chi connectivity index (χ4v) is 2.87. The van der Waals surface area contributed by atoms with Gasteiger partial charge < -0.3 is 4.74 Å². The van der Waals surface area contributed by atoms with Crippen LogP contribution in [0.5, 0.6) is 5.75 Å². The Morgan fingerprint density at radius 1 is 1.21 bits per heavy atom. The molecular weight excluding hydrogens is 302 g/mol. The smallest absolute Gasteiger partial charge is 0.118 e. The summed E-state index contributed by atoms with van der Waals surface area (Å²) in [7, 11) is 1.70. The van der Waals surface area contributed by atoms with Gasteiger partial charge in [-0.25, -0.2) is 3.93 Å². The Kier molecular flexibility index (Phi) is 5.93. The number of nitrogens with zero attached hydrogens (tertiary/aromatic N) is 1. The quantitative estimate of drug-likeness (QED) is 0.556. The molecule has 0 bridgehead atoms. The van der Waals surface area contributed by atoms with Crippen LogP contribution in [0.3, 0.4) is 0 Å². The Labute approximate surface area is 124 Å². The first-order chi connectivity index (χ1) is 9.28. The summed E-state index contributed by atoms with van der Waals surface area (Å²) in [5, 5.41) is 0. The molecule has 0 spiro atoms. The summed E-state index contributed by atoms with van der Waals surface area (Å²) >= 11 is 3.65. The van der Waals surface area contributed by atoms with Crippen LogP contribution < -0.4 is 4.74 Å². The zero-order chi connectivity index (χ0) is 13.5. The minimum absolute atomic E-state index is 0.914. The highest BCUT2D eigenvalue weighted by molar-refractivity contribution is 9.07. The summed E-state index contributed by atoms with van der Waals surface area (Å²) < 4.78 is 7.38. The van der Waals surface area contributed by atoms with Crippen LogP contribution in [0.2, 0.25) is 0 Å². The molecule has 0 N–H and O–H groups in total. The van der Waals surface area contributed by atoms with E-state index in [9.17, 15) is 0 Å². The minimum atomic E-state index is 0.914. The van der Waals surface area contributed by atoms with E-state index in [1.54, 1.807) is 12.7 Å². The zero-order valence-electron chi connectivity index (χ0n) is 11.6. The number of rotatable bonds is 6. The van der Waals surface area contributed by atoms with Gasteiger partial charge in [-0.3, -0.25) is 0 Å². The van der Waals surface area contributed by atoms with Crippen molar-refractivity contribution < 1.29 is 4.74 Å². The Morgan fingerprint density at radius 3 is 2.63 bits per heavy atom. The average molecular weight is 324 g/mol. The highest BCUT2D eigenvalue weighted by Crippen LogP contribution is 2.21. The number of allylic oxidation sites excluding steroid dienone is 1. The number of methoxy groups -OCH3 is 1. The molecule has 104 valence electrons. The third-order valence-electron chi connectivity index (χ3n) is 3.57. The molecule has 0 aromatic heterocycles. The monoisotopic (exact) mass is 323 g/mol. The van der Waals surface area contributed by atoms with Gasteiger partial charge in [0.05, 0.1) is 7.11 Å². The molecule has 0 heterocycles. The van der Waals surface area contributed by atoms with Crippen LogP contribution in [0, 0.1) is 0 Å². The molecule has 0 atom stereocenters. The third kappa shape index (κ3) is 5.00. The molecule has 19 heavy (non-hydrogen) atoms. The predicted molar refractivity (Wildman–Crippen MR) is 83.5 cm³/mol. The van der Waals surface area contributed by atoms with Gasteiger partial charge in [0.2, 0.25) is 0 Å². The molecule has 1 aliphatic carbocycles. The van der Waals surface area contributed by atoms with E-state index in [1.807, 2.05) is 12.1 Å². The summed E-state index contributed by atoms with van der Waals surface area (Å²) in [6.45, 7) is 2.00. The maximum absolute atomic E-state index is 5.17. The molecule has 0 amide bonds. The van der Waals surface area contributed by atoms with E-state index in [0.29, 0.717) is 0 Å². The van der Waals surface area contributed by atoms with Crippen molar-refractivity contribution in [3.05, 3.63) is 41.5 Å². The van der Waals surface area contributed by atoms with Crippen LogP contribution in [0.25, 0.3) is 0 Å². The van der Waals surface area contributed by atoms with Crippen molar-refractivity contribution >= 4 is 16.1 Å². The van der Waals surface area contributed by atoms with Crippen molar-refractivity contribution in [3.8, 4) is 5.75 Å². The van der Waals surface area contributed by atoms with Gasteiger partial charge in [-0.1, -0.05) is 23.8 Å². The lowest BCUT2D eigenvalue weighted by Gasteiger charge is -2.17. The van der Waals surface area contributed by atoms with Gasteiger partial charge >= 0.3 is 0 Å². The van der Waals surface area contributed by atoms with Gasteiger partial charge in [-0.15, -0.1) is 0 Å². The van der Waals surface area contributed by atoms with Gasteiger partial charge in [-0.05, 0) is 49.8 Å². The summed E-state index contributed by atoms with van der Waals surface area (Å²) in [5.41, 5.74) is 2.93. The van der Waals surface area contributed by atoms with Gasteiger partial charge in [-0.2, -0.15) is 0 Å². The van der Waals surface area contributed by atoms with Crippen molar-refractivity contribution in [2.75, 3.05) is 13.7 Å². The highest BCUT2D eigenvalue weighted by Gasteiger charge is 2.07. The Hall–Kier alpha value is -0.800. The van der Waals surface area contributed by atoms with Gasteiger partial charge in [0, 0.05) is 29.2 Å². The maximum atomic E-state index is 5.17. The van der Waals surface area contributed by atoms with E-state index in [1.165, 1.54) is 37.7 Å². The summed E-state index contributed by atoms with van der Waals surface area (Å²) in [5.74, 6) is 0.914. The van der Waals surface area contributed by atoms with Crippen molar-refractivity contribution in [1.82, 2.24) is 3.93 Å². The predicted octanol–water partition coefficient (Wildman–Crippen LogP) is 4.70. The SMILES string of the molecule is COc1ccc(CN(Br)CCC2=CCCCC2)cc1. The minimum Gasteiger partial charge on any atom is -0.497 e. The molecule has 1 aromatic carbocycles. The fourth-order valence-electron chi connectivity index (χ4n) is 2.40. The Bertz CT molecular complexity index is 413. The average Bonchev–Trinajstić information content (AvgIpc) is 2.47. The molecule has 0 radical (unpaired) electrons. The number of benzene rings is 1. The summed E-state index contributed by atoms with van der Waals surface area (Å²) in [6, 6.07) is 8.26. The first-order valence-corrected chi connectivity index (χ1v) is 7.70. The molecule has 1 aliphatic rings. The zero-order valence-corrected chi connectivity index (χ0v) is 13.2. The van der Waals surface area contributed by atoms with Crippen molar-refractivity contribution in [2.24, 2.45) is 0 Å². The van der Waals surface area contributed by atoms with Gasteiger partial charge in [0.25, 0.3) is 0 Å². The lowest BCUT2D eigenvalue weighted by molar-refractivity contribution is 0.414. The van der Waals surface area contributed by atoms with Crippen molar-refractivity contribution in [1.29, 1.82) is 0 Å². The maximum Gasteiger partial charge on any atom is 0.118 e. The molecule has 2 nitrogen and oxygen atoms in total. The highest BCUT2D eigenvalue weighted by atomic mass is 79.9. The Balaban J connectivity index is 1.76. The van der Waals surface area contributed by atoms with E-state index in [4.69, 9.17) is 4.74 Å². The fraction of sp³-hybridized carbons (Fsp3) is 0.500. The first-order valence-electron chi connectivity index (χ1n) is 6.99. The van der Waals surface area contributed by atoms with Crippen molar-refractivity contribution in [3.63, 3.8) is 0 Å². The molecule has 2 rings (SSSR count). The molecule has 3 heteroatoms. The normalized spacial score (nSPS) is 15.4. The summed E-state index contributed by atoms with van der Waals surface area (Å²) in [6.07, 6.45) is 8.92. The third-order valence-corrected chi connectivity index (χ3v) is 4.18. The second-order valence-electron chi connectivity index (χ2n) is 5.05. The van der Waals surface area contributed by atoms with Crippen LogP contribution >= 0.6 is 16.1 Å². The van der Waals surface area contributed by atoms with E-state index in [2.05, 4.69) is 38.3 Å². The molecule has 0 fully saturated rings. The number of hydrogen-bond acceptors (Lipinski definition) is 2.